The molecule has 3 fully saturated rings. The van der Waals surface area contributed by atoms with Crippen molar-refractivity contribution in [1.29, 1.82) is 0 Å². The third kappa shape index (κ3) is 7.85. The van der Waals surface area contributed by atoms with E-state index in [9.17, 15) is 25.5 Å². The van der Waals surface area contributed by atoms with E-state index in [0.717, 1.165) is 72.9 Å². The van der Waals surface area contributed by atoms with Gasteiger partial charge in [-0.3, -0.25) is 0 Å². The monoisotopic (exact) mass is 855 g/mol. The molecular weight excluding hydrogens is 791 g/mol. The molecule has 7 aliphatic rings. The third-order valence-electron chi connectivity index (χ3n) is 16.1. The number of nitrogens with one attached hydrogen (secondary N) is 2. The number of aromatic hydroxyl groups is 1. The first-order chi connectivity index (χ1) is 29.1. The highest BCUT2D eigenvalue weighted by Crippen LogP contribution is 2.62. The van der Waals surface area contributed by atoms with E-state index in [2.05, 4.69) is 47.3 Å². The van der Waals surface area contributed by atoms with Crippen molar-refractivity contribution < 1.29 is 30.3 Å². The van der Waals surface area contributed by atoms with Crippen LogP contribution >= 0.6 is 21.6 Å². The van der Waals surface area contributed by atoms with Gasteiger partial charge in [0.1, 0.15) is 11.9 Å². The van der Waals surface area contributed by atoms with Crippen LogP contribution in [0.1, 0.15) is 107 Å². The first-order valence-corrected chi connectivity index (χ1v) is 25.3. The number of ether oxygens (including phenoxy) is 1. The van der Waals surface area contributed by atoms with Crippen LogP contribution in [0.4, 0.5) is 0 Å². The number of aliphatic hydroxyl groups excluding tert-OH is 4. The molecular formula is C49H65N3O6S2. The molecule has 9 rings (SSSR count). The first kappa shape index (κ1) is 42.3. The highest BCUT2D eigenvalue weighted by atomic mass is 33.1. The molecule has 1 spiro atoms. The highest BCUT2D eigenvalue weighted by Gasteiger charge is 2.55. The van der Waals surface area contributed by atoms with Crippen molar-refractivity contribution in [3.8, 4) is 23.3 Å². The number of aryl methyl sites for hydroxylation is 1. The molecule has 2 aliphatic heterocycles. The number of allylic oxidation sites excluding steroid dienone is 3. The minimum atomic E-state index is -1.01. The lowest BCUT2D eigenvalue weighted by molar-refractivity contribution is -0.0467. The number of H-pyrrole nitrogens is 1. The number of hydrogen-bond donors (Lipinski definition) is 8. The summed E-state index contributed by atoms with van der Waals surface area (Å²) in [5.74, 6) is 8.83. The predicted octanol–water partition coefficient (Wildman–Crippen LogP) is 7.26. The van der Waals surface area contributed by atoms with Crippen molar-refractivity contribution in [2.45, 2.75) is 127 Å². The third-order valence-corrected chi connectivity index (χ3v) is 18.5. The topological polar surface area (TPSA) is 164 Å². The van der Waals surface area contributed by atoms with E-state index in [1.807, 2.05) is 24.4 Å². The average Bonchev–Trinajstić information content (AvgIpc) is 3.89. The molecule has 3 heterocycles. The van der Waals surface area contributed by atoms with Crippen LogP contribution < -0.4 is 15.8 Å². The number of aromatic amines is 1. The molecule has 2 aromatic rings. The van der Waals surface area contributed by atoms with E-state index >= 15 is 0 Å². The van der Waals surface area contributed by atoms with Gasteiger partial charge < -0.3 is 46.3 Å². The zero-order valence-corrected chi connectivity index (χ0v) is 36.7. The first-order valence-electron chi connectivity index (χ1n) is 22.8. The molecule has 2 bridgehead atoms. The van der Waals surface area contributed by atoms with Crippen LogP contribution in [0.15, 0.2) is 65.2 Å². The molecule has 1 aromatic heterocycles. The molecule has 0 radical (unpaired) electrons. The Kier molecular flexibility index (Phi) is 12.5. The van der Waals surface area contributed by atoms with Gasteiger partial charge in [0.2, 0.25) is 0 Å². The molecule has 0 unspecified atom stereocenters. The number of rotatable bonds is 6. The second-order valence-corrected chi connectivity index (χ2v) is 21.7. The molecule has 9 nitrogen and oxygen atoms in total. The van der Waals surface area contributed by atoms with Gasteiger partial charge in [-0.2, -0.15) is 0 Å². The number of aromatic nitrogens is 1. The number of fused-ring (bicyclic) bond motifs is 6. The maximum absolute atomic E-state index is 12.4. The summed E-state index contributed by atoms with van der Waals surface area (Å²) in [6.07, 6.45) is 16.4. The minimum Gasteiger partial charge on any atom is -0.504 e. The maximum atomic E-state index is 12.4. The van der Waals surface area contributed by atoms with Gasteiger partial charge in [-0.05, 0) is 129 Å². The second kappa shape index (κ2) is 17.7. The predicted molar refractivity (Wildman–Crippen MR) is 240 cm³/mol. The van der Waals surface area contributed by atoms with E-state index in [4.69, 9.17) is 10.5 Å². The fraction of sp³-hybridized carbons (Fsp3) is 0.633. The maximum Gasteiger partial charge on any atom is 0.161 e. The van der Waals surface area contributed by atoms with Crippen LogP contribution in [-0.4, -0.2) is 79.6 Å². The van der Waals surface area contributed by atoms with Gasteiger partial charge in [0.05, 0.1) is 18.3 Å². The number of phenols is 1. The van der Waals surface area contributed by atoms with Gasteiger partial charge in [-0.15, -0.1) is 0 Å². The minimum absolute atomic E-state index is 0.0198. The van der Waals surface area contributed by atoms with Crippen molar-refractivity contribution in [3.63, 3.8) is 0 Å². The molecule has 2 saturated carbocycles. The van der Waals surface area contributed by atoms with Crippen LogP contribution in [0, 0.1) is 52.3 Å². The Morgan fingerprint density at radius 3 is 2.67 bits per heavy atom. The van der Waals surface area contributed by atoms with Gasteiger partial charge in [-0.1, -0.05) is 77.3 Å². The number of benzene rings is 1. The normalized spacial score (nSPS) is 36.4. The Labute approximate surface area is 363 Å². The zero-order chi connectivity index (χ0) is 41.6. The highest BCUT2D eigenvalue weighted by molar-refractivity contribution is 8.76. The van der Waals surface area contributed by atoms with E-state index < -0.39 is 30.3 Å². The van der Waals surface area contributed by atoms with E-state index in [-0.39, 0.29) is 52.8 Å². The summed E-state index contributed by atoms with van der Waals surface area (Å²) >= 11 is 0. The Morgan fingerprint density at radius 1 is 1.03 bits per heavy atom. The smallest absolute Gasteiger partial charge is 0.161 e. The van der Waals surface area contributed by atoms with E-state index in [1.54, 1.807) is 21.6 Å². The Morgan fingerprint density at radius 2 is 1.88 bits per heavy atom. The van der Waals surface area contributed by atoms with Gasteiger partial charge in [0.15, 0.2) is 11.5 Å². The second-order valence-electron chi connectivity index (χ2n) is 19.2. The molecule has 1 aromatic carbocycles. The summed E-state index contributed by atoms with van der Waals surface area (Å²) in [6.45, 7) is 2.73. The van der Waals surface area contributed by atoms with Crippen LogP contribution in [0.2, 0.25) is 0 Å². The van der Waals surface area contributed by atoms with Gasteiger partial charge >= 0.3 is 0 Å². The molecule has 324 valence electrons. The van der Waals surface area contributed by atoms with Gasteiger partial charge in [0, 0.05) is 71.2 Å². The molecule has 60 heavy (non-hydrogen) atoms. The zero-order valence-electron chi connectivity index (χ0n) is 35.1. The van der Waals surface area contributed by atoms with Gasteiger partial charge in [0.25, 0.3) is 0 Å². The summed E-state index contributed by atoms with van der Waals surface area (Å²) in [5.41, 5.74) is 13.2. The molecule has 11 heteroatoms. The fourth-order valence-electron chi connectivity index (χ4n) is 12.9. The quantitative estimate of drug-likeness (QED) is 0.0844. The lowest BCUT2D eigenvalue weighted by Crippen LogP contribution is -2.43. The van der Waals surface area contributed by atoms with Crippen LogP contribution in [0.25, 0.3) is 0 Å². The number of nitrogens with two attached hydrogens (primary N) is 1. The number of aliphatic hydroxyl groups is 4. The summed E-state index contributed by atoms with van der Waals surface area (Å²) < 4.78 is 6.87. The van der Waals surface area contributed by atoms with Crippen molar-refractivity contribution >= 4 is 21.6 Å². The Hall–Kier alpha value is -2.98. The lowest BCUT2D eigenvalue weighted by atomic mass is 9.57. The number of hydrogen-bond acceptors (Lipinski definition) is 10. The largest absolute Gasteiger partial charge is 0.504 e. The number of dihydropyridines is 1. The average molecular weight is 856 g/mol. The molecule has 5 aliphatic carbocycles. The number of phenolic OH excluding ortho intramolecular Hbond substituents is 1. The van der Waals surface area contributed by atoms with Crippen LogP contribution in [-0.2, 0) is 12.8 Å². The molecule has 11 atom stereocenters. The summed E-state index contributed by atoms with van der Waals surface area (Å²) in [6, 6.07) is 7.82. The summed E-state index contributed by atoms with van der Waals surface area (Å²) in [7, 11) is 3.29. The van der Waals surface area contributed by atoms with Crippen LogP contribution in [0.5, 0.6) is 11.5 Å². The Balaban J connectivity index is 1.07. The lowest BCUT2D eigenvalue weighted by Gasteiger charge is -2.46. The van der Waals surface area contributed by atoms with Gasteiger partial charge in [-0.25, -0.2) is 0 Å². The van der Waals surface area contributed by atoms with Crippen LogP contribution in [0.3, 0.4) is 0 Å². The van der Waals surface area contributed by atoms with E-state index in [1.165, 1.54) is 31.3 Å². The molecule has 0 amide bonds. The fourth-order valence-corrected chi connectivity index (χ4v) is 15.4. The molecule has 1 saturated heterocycles. The SMILES string of the molecule is CC[C@]12C#C[C@H]3C=C4CCc5cc(O)c(O[C@H]6C[C@@H](Cc7ccc[nH]7)C7=CCNC(N)=C7CSSC[C@H](CO)[C@@H]6O)cc5[C@@H]4C[C@@H](O)[C@@H]3[C@@H](O)[C@H](CCC1)CC21CCCC1. The van der Waals surface area contributed by atoms with Crippen molar-refractivity contribution in [2.24, 2.45) is 46.2 Å². The summed E-state index contributed by atoms with van der Waals surface area (Å²) in [4.78, 5) is 3.37. The standard InChI is InChI=1S/C49H65N3O6S2/c1-2-48-15-5-7-32(25-49(48)13-3-4-14-49)46(57)44-31(11-16-48)19-29-9-10-30-21-40(54)42(24-38(30)37(29)23-41(44)55)58-43-22-33(20-35-8-6-17-51-35)36-12-18-52-47(50)39(36)28-60-59-27-34(26-53)45(43)56/h6,8,12,17,19,21,24,31-34,37,41,43-46,51-57H,2-5,7,9-10,13-15,18,20,22-23,25-28,50H2,1H3/t31-,32+,33+,34-,37+,41+,43-,44+,45-,46-,48+/m0/s1. The summed E-state index contributed by atoms with van der Waals surface area (Å²) in [5, 5.41) is 62.4. The van der Waals surface area contributed by atoms with Crippen molar-refractivity contribution in [2.75, 3.05) is 24.7 Å². The Bertz CT molecular complexity index is 2030. The van der Waals surface area contributed by atoms with Crippen molar-refractivity contribution in [1.82, 2.24) is 10.3 Å². The van der Waals surface area contributed by atoms with Crippen molar-refractivity contribution in [3.05, 3.63) is 82.0 Å². The molecule has 9 N–H and O–H groups in total. The van der Waals surface area contributed by atoms with E-state index in [0.29, 0.717) is 48.9 Å².